The number of carbonyl (C=O) groups excluding carboxylic acids is 2. The molecule has 0 aromatic heterocycles. The van der Waals surface area contributed by atoms with Gasteiger partial charge < -0.3 is 10.5 Å². The minimum absolute atomic E-state index is 0.00212. The number of esters is 1. The van der Waals surface area contributed by atoms with Crippen LogP contribution in [0.5, 0.6) is 0 Å². The van der Waals surface area contributed by atoms with Crippen LogP contribution in [0.1, 0.15) is 39.5 Å². The highest BCUT2D eigenvalue weighted by Crippen LogP contribution is 2.12. The van der Waals surface area contributed by atoms with E-state index in [9.17, 15) is 9.59 Å². The molecule has 0 saturated heterocycles. The lowest BCUT2D eigenvalue weighted by molar-refractivity contribution is -0.144. The number of nitrogens with two attached hydrogens (primary N) is 1. The van der Waals surface area contributed by atoms with Gasteiger partial charge in [0.15, 0.2) is 0 Å². The summed E-state index contributed by atoms with van der Waals surface area (Å²) in [6.45, 7) is 4.74. The van der Waals surface area contributed by atoms with Crippen molar-refractivity contribution in [1.29, 1.82) is 0 Å². The molecule has 0 heterocycles. The summed E-state index contributed by atoms with van der Waals surface area (Å²) in [4.78, 5) is 21.7. The fourth-order valence-corrected chi connectivity index (χ4v) is 1.45. The summed E-state index contributed by atoms with van der Waals surface area (Å²) < 4.78 is 5.12. The van der Waals surface area contributed by atoms with Crippen molar-refractivity contribution in [3.05, 3.63) is 0 Å². The Kier molecular flexibility index (Phi) is 9.43. The highest BCUT2D eigenvalue weighted by Gasteiger charge is 2.09. The summed E-state index contributed by atoms with van der Waals surface area (Å²) >= 11 is 0. The van der Waals surface area contributed by atoms with Crippen LogP contribution in [0.2, 0.25) is 0 Å². The van der Waals surface area contributed by atoms with Crippen molar-refractivity contribution in [2.75, 3.05) is 19.7 Å². The van der Waals surface area contributed by atoms with E-state index >= 15 is 0 Å². The normalized spacial score (nSPS) is 12.1. The van der Waals surface area contributed by atoms with Gasteiger partial charge in [0.2, 0.25) is 5.91 Å². The lowest BCUT2D eigenvalue weighted by Crippen LogP contribution is -2.33. The van der Waals surface area contributed by atoms with E-state index in [0.717, 1.165) is 25.7 Å². The Morgan fingerprint density at radius 2 is 2.00 bits per heavy atom. The van der Waals surface area contributed by atoms with Crippen LogP contribution in [-0.4, -0.2) is 31.6 Å². The van der Waals surface area contributed by atoms with Gasteiger partial charge in [-0.1, -0.05) is 33.1 Å². The number of hydrogen-bond acceptors (Lipinski definition) is 4. The molecule has 0 aliphatic carbocycles. The highest BCUT2D eigenvalue weighted by molar-refractivity contribution is 5.77. The minimum atomic E-state index is -0.479. The van der Waals surface area contributed by atoms with Crippen LogP contribution in [0, 0.1) is 5.92 Å². The second-order valence-electron chi connectivity index (χ2n) is 4.17. The molecule has 0 aromatic carbocycles. The van der Waals surface area contributed by atoms with Crippen LogP contribution in [0.15, 0.2) is 0 Å². The number of amides is 1. The van der Waals surface area contributed by atoms with Gasteiger partial charge in [0, 0.05) is 0 Å². The number of hydrogen-bond donors (Lipinski definition) is 2. The number of unbranched alkanes of at least 4 members (excludes halogenated alkanes) is 1. The third-order valence-corrected chi connectivity index (χ3v) is 2.59. The first kappa shape index (κ1) is 15.9. The number of nitrogens with one attached hydrogen (secondary N) is 1. The molecule has 100 valence electrons. The molecule has 0 radical (unpaired) electrons. The molecule has 0 aliphatic heterocycles. The molecule has 0 saturated carbocycles. The van der Waals surface area contributed by atoms with E-state index in [1.54, 1.807) is 0 Å². The summed E-state index contributed by atoms with van der Waals surface area (Å²) in [5, 5.41) is 2.62. The zero-order valence-corrected chi connectivity index (χ0v) is 10.8. The second-order valence-corrected chi connectivity index (χ2v) is 4.17. The standard InChI is InChI=1S/C12H24N2O3/c1-3-5-6-10(4-2)9-17-12(16)8-14-7-11(13)15/h10,14H,3-9H2,1-2H3,(H2,13,15). The zero-order chi connectivity index (χ0) is 13.1. The molecular weight excluding hydrogens is 220 g/mol. The maximum Gasteiger partial charge on any atom is 0.319 e. The van der Waals surface area contributed by atoms with Crippen LogP contribution in [-0.2, 0) is 14.3 Å². The van der Waals surface area contributed by atoms with Gasteiger partial charge in [0.25, 0.3) is 0 Å². The van der Waals surface area contributed by atoms with Crippen molar-refractivity contribution in [2.45, 2.75) is 39.5 Å². The average Bonchev–Trinajstić information content (AvgIpc) is 2.29. The topological polar surface area (TPSA) is 81.4 Å². The van der Waals surface area contributed by atoms with E-state index in [2.05, 4.69) is 19.2 Å². The monoisotopic (exact) mass is 244 g/mol. The first-order chi connectivity index (χ1) is 8.10. The van der Waals surface area contributed by atoms with Gasteiger partial charge in [-0.15, -0.1) is 0 Å². The van der Waals surface area contributed by atoms with Crippen LogP contribution in [0.4, 0.5) is 0 Å². The fourth-order valence-electron chi connectivity index (χ4n) is 1.45. The third-order valence-electron chi connectivity index (χ3n) is 2.59. The molecule has 0 fully saturated rings. The van der Waals surface area contributed by atoms with Crippen molar-refractivity contribution in [3.8, 4) is 0 Å². The molecule has 5 nitrogen and oxygen atoms in total. The first-order valence-corrected chi connectivity index (χ1v) is 6.24. The van der Waals surface area contributed by atoms with Gasteiger partial charge in [0.05, 0.1) is 19.7 Å². The molecule has 5 heteroatoms. The predicted octanol–water partition coefficient (Wildman–Crippen LogP) is 0.821. The smallest absolute Gasteiger partial charge is 0.319 e. The Bertz CT molecular complexity index is 232. The lowest BCUT2D eigenvalue weighted by atomic mass is 10.0. The molecule has 0 aliphatic rings. The molecule has 1 unspecified atom stereocenters. The largest absolute Gasteiger partial charge is 0.464 e. The molecule has 0 aromatic rings. The van der Waals surface area contributed by atoms with E-state index in [1.807, 2.05) is 0 Å². The van der Waals surface area contributed by atoms with Crippen molar-refractivity contribution >= 4 is 11.9 Å². The second kappa shape index (κ2) is 10.1. The van der Waals surface area contributed by atoms with Crippen LogP contribution < -0.4 is 11.1 Å². The van der Waals surface area contributed by atoms with Crippen LogP contribution >= 0.6 is 0 Å². The minimum Gasteiger partial charge on any atom is -0.464 e. The number of rotatable bonds is 10. The van der Waals surface area contributed by atoms with Crippen LogP contribution in [0.3, 0.4) is 0 Å². The Hall–Kier alpha value is -1.10. The Balaban J connectivity index is 3.62. The quantitative estimate of drug-likeness (QED) is 0.557. The number of carbonyl (C=O) groups is 2. The molecular formula is C12H24N2O3. The van der Waals surface area contributed by atoms with Crippen LogP contribution in [0.25, 0.3) is 0 Å². The van der Waals surface area contributed by atoms with Crippen molar-refractivity contribution < 1.29 is 14.3 Å². The molecule has 17 heavy (non-hydrogen) atoms. The van der Waals surface area contributed by atoms with E-state index in [0.29, 0.717) is 12.5 Å². The molecule has 0 rings (SSSR count). The fraction of sp³-hybridized carbons (Fsp3) is 0.833. The van der Waals surface area contributed by atoms with E-state index in [4.69, 9.17) is 10.5 Å². The van der Waals surface area contributed by atoms with E-state index in [1.165, 1.54) is 0 Å². The predicted molar refractivity (Wildman–Crippen MR) is 66.3 cm³/mol. The Morgan fingerprint density at radius 1 is 1.29 bits per heavy atom. The maximum absolute atomic E-state index is 11.3. The third kappa shape index (κ3) is 9.81. The summed E-state index contributed by atoms with van der Waals surface area (Å²) in [5.41, 5.74) is 4.92. The number of ether oxygens (including phenoxy) is 1. The Morgan fingerprint density at radius 3 is 2.53 bits per heavy atom. The molecule has 1 atom stereocenters. The first-order valence-electron chi connectivity index (χ1n) is 6.24. The van der Waals surface area contributed by atoms with Gasteiger partial charge >= 0.3 is 5.97 Å². The van der Waals surface area contributed by atoms with Gasteiger partial charge in [-0.25, -0.2) is 0 Å². The zero-order valence-electron chi connectivity index (χ0n) is 10.8. The maximum atomic E-state index is 11.3. The molecule has 3 N–H and O–H groups in total. The molecule has 0 spiro atoms. The van der Waals surface area contributed by atoms with Gasteiger partial charge in [-0.2, -0.15) is 0 Å². The average molecular weight is 244 g/mol. The lowest BCUT2D eigenvalue weighted by Gasteiger charge is -2.14. The summed E-state index contributed by atoms with van der Waals surface area (Å²) in [6, 6.07) is 0. The van der Waals surface area contributed by atoms with Gasteiger partial charge in [-0.3, -0.25) is 14.9 Å². The van der Waals surface area contributed by atoms with E-state index in [-0.39, 0.29) is 19.1 Å². The Labute approximate surface area is 103 Å². The highest BCUT2D eigenvalue weighted by atomic mass is 16.5. The summed E-state index contributed by atoms with van der Waals surface area (Å²) in [6.07, 6.45) is 4.43. The van der Waals surface area contributed by atoms with Gasteiger partial charge in [-0.05, 0) is 12.3 Å². The van der Waals surface area contributed by atoms with Crippen molar-refractivity contribution in [2.24, 2.45) is 11.7 Å². The van der Waals surface area contributed by atoms with Gasteiger partial charge in [0.1, 0.15) is 0 Å². The number of primary amides is 1. The van der Waals surface area contributed by atoms with Crippen molar-refractivity contribution in [3.63, 3.8) is 0 Å². The summed E-state index contributed by atoms with van der Waals surface area (Å²) in [7, 11) is 0. The van der Waals surface area contributed by atoms with Crippen molar-refractivity contribution in [1.82, 2.24) is 5.32 Å². The van der Waals surface area contributed by atoms with E-state index < -0.39 is 5.91 Å². The molecule has 1 amide bonds. The summed E-state index contributed by atoms with van der Waals surface area (Å²) in [5.74, 6) is -0.372. The molecule has 0 bridgehead atoms. The SMILES string of the molecule is CCCCC(CC)COC(=O)CNCC(N)=O.